The van der Waals surface area contributed by atoms with Crippen LogP contribution in [0, 0.1) is 0 Å². The van der Waals surface area contributed by atoms with E-state index in [0.29, 0.717) is 28.1 Å². The van der Waals surface area contributed by atoms with Crippen molar-refractivity contribution in [3.05, 3.63) is 59.0 Å². The van der Waals surface area contributed by atoms with E-state index >= 15 is 0 Å². The summed E-state index contributed by atoms with van der Waals surface area (Å²) in [5.74, 6) is 1.33. The van der Waals surface area contributed by atoms with Crippen LogP contribution in [0.25, 0.3) is 6.08 Å². The van der Waals surface area contributed by atoms with Crippen molar-refractivity contribution in [2.45, 2.75) is 6.92 Å². The molecule has 1 saturated heterocycles. The van der Waals surface area contributed by atoms with Crippen LogP contribution in [-0.4, -0.2) is 36.7 Å². The van der Waals surface area contributed by atoms with Crippen LogP contribution in [0.2, 0.25) is 0 Å². The number of carbonyl (C=O) groups is 1. The van der Waals surface area contributed by atoms with Gasteiger partial charge in [0.25, 0.3) is 5.91 Å². The van der Waals surface area contributed by atoms with E-state index in [4.69, 9.17) is 9.47 Å². The summed E-state index contributed by atoms with van der Waals surface area (Å²) in [4.78, 5) is 19.7. The number of carbonyl (C=O) groups excluding carboxylic acids is 1. The Morgan fingerprint density at radius 1 is 1.12 bits per heavy atom. The van der Waals surface area contributed by atoms with Crippen LogP contribution >= 0.6 is 11.8 Å². The predicted molar refractivity (Wildman–Crippen MR) is 106 cm³/mol. The van der Waals surface area contributed by atoms with Gasteiger partial charge in [0.1, 0.15) is 11.5 Å². The zero-order valence-corrected chi connectivity index (χ0v) is 15.7. The minimum absolute atomic E-state index is 0.0583. The minimum atomic E-state index is -0.0583. The van der Waals surface area contributed by atoms with Crippen molar-refractivity contribution in [3.63, 3.8) is 0 Å². The lowest BCUT2D eigenvalue weighted by atomic mass is 10.1. The summed E-state index contributed by atoms with van der Waals surface area (Å²) in [6, 6.07) is 15.1. The molecular weight excluding hydrogens is 348 g/mol. The largest absolute Gasteiger partial charge is 0.497 e. The standard InChI is InChI=1S/C20H20N2O3S/c1-4-22-19(23)18(26-20(22)21-15-8-6-5-7-9-15)13-14-12-16(24-2)10-11-17(14)25-3/h5-13H,4H2,1-3H3/b18-13+,21-20?. The molecule has 2 aromatic rings. The Balaban J connectivity index is 1.98. The van der Waals surface area contributed by atoms with Crippen LogP contribution in [0.1, 0.15) is 12.5 Å². The second kappa shape index (κ2) is 8.10. The molecule has 0 atom stereocenters. The van der Waals surface area contributed by atoms with Gasteiger partial charge in [-0.15, -0.1) is 0 Å². The van der Waals surface area contributed by atoms with Gasteiger partial charge in [-0.1, -0.05) is 18.2 Å². The van der Waals surface area contributed by atoms with E-state index in [-0.39, 0.29) is 5.91 Å². The number of hydrogen-bond donors (Lipinski definition) is 0. The second-order valence-electron chi connectivity index (χ2n) is 5.50. The molecule has 5 nitrogen and oxygen atoms in total. The van der Waals surface area contributed by atoms with E-state index in [1.807, 2.05) is 61.5 Å². The Morgan fingerprint density at radius 2 is 1.88 bits per heavy atom. The average Bonchev–Trinajstić information content (AvgIpc) is 2.96. The number of methoxy groups -OCH3 is 2. The van der Waals surface area contributed by atoms with Crippen LogP contribution in [0.3, 0.4) is 0 Å². The molecule has 1 aliphatic heterocycles. The van der Waals surface area contributed by atoms with Gasteiger partial charge in [-0.05, 0) is 55.1 Å². The molecule has 6 heteroatoms. The summed E-state index contributed by atoms with van der Waals surface area (Å²) in [5, 5.41) is 0.678. The van der Waals surface area contributed by atoms with Crippen LogP contribution in [0.5, 0.6) is 11.5 Å². The minimum Gasteiger partial charge on any atom is -0.497 e. The number of amides is 1. The third kappa shape index (κ3) is 3.75. The third-order valence-electron chi connectivity index (χ3n) is 3.91. The molecule has 0 N–H and O–H groups in total. The second-order valence-corrected chi connectivity index (χ2v) is 6.51. The summed E-state index contributed by atoms with van der Waals surface area (Å²) in [6.07, 6.45) is 1.82. The summed E-state index contributed by atoms with van der Waals surface area (Å²) >= 11 is 1.36. The Labute approximate surface area is 157 Å². The lowest BCUT2D eigenvalue weighted by Gasteiger charge is -2.12. The van der Waals surface area contributed by atoms with Crippen molar-refractivity contribution in [2.75, 3.05) is 20.8 Å². The van der Waals surface area contributed by atoms with E-state index in [1.165, 1.54) is 11.8 Å². The first-order chi connectivity index (χ1) is 12.7. The number of rotatable bonds is 5. The molecule has 2 aromatic carbocycles. The number of likely N-dealkylation sites (N-methyl/N-ethyl adjacent to an activating group) is 1. The molecule has 1 aliphatic rings. The number of aliphatic imine (C=N–C) groups is 1. The van der Waals surface area contributed by atoms with Gasteiger partial charge in [0, 0.05) is 12.1 Å². The fourth-order valence-electron chi connectivity index (χ4n) is 2.58. The molecule has 1 heterocycles. The Bertz CT molecular complexity index is 863. The van der Waals surface area contributed by atoms with Crippen LogP contribution in [-0.2, 0) is 4.79 Å². The number of nitrogens with zero attached hydrogens (tertiary/aromatic N) is 2. The molecular formula is C20H20N2O3S. The van der Waals surface area contributed by atoms with Gasteiger partial charge in [-0.2, -0.15) is 0 Å². The lowest BCUT2D eigenvalue weighted by molar-refractivity contribution is -0.122. The molecule has 0 aromatic heterocycles. The van der Waals surface area contributed by atoms with Crippen LogP contribution < -0.4 is 9.47 Å². The maximum atomic E-state index is 12.8. The molecule has 0 radical (unpaired) electrons. The van der Waals surface area contributed by atoms with E-state index in [0.717, 1.165) is 11.3 Å². The number of ether oxygens (including phenoxy) is 2. The van der Waals surface area contributed by atoms with E-state index < -0.39 is 0 Å². The smallest absolute Gasteiger partial charge is 0.266 e. The van der Waals surface area contributed by atoms with Crippen LogP contribution in [0.4, 0.5) is 5.69 Å². The van der Waals surface area contributed by atoms with Crippen molar-refractivity contribution < 1.29 is 14.3 Å². The highest BCUT2D eigenvalue weighted by Crippen LogP contribution is 2.36. The Hall–Kier alpha value is -2.73. The number of hydrogen-bond acceptors (Lipinski definition) is 5. The van der Waals surface area contributed by atoms with Crippen molar-refractivity contribution >= 4 is 34.6 Å². The first-order valence-electron chi connectivity index (χ1n) is 8.23. The number of para-hydroxylation sites is 1. The first kappa shape index (κ1) is 18.1. The quantitative estimate of drug-likeness (QED) is 0.737. The molecule has 0 unspecified atom stereocenters. The highest BCUT2D eigenvalue weighted by molar-refractivity contribution is 8.18. The summed E-state index contributed by atoms with van der Waals surface area (Å²) in [6.45, 7) is 2.50. The number of thioether (sulfide) groups is 1. The molecule has 0 aliphatic carbocycles. The summed E-state index contributed by atoms with van der Waals surface area (Å²) in [7, 11) is 3.21. The highest BCUT2D eigenvalue weighted by atomic mass is 32.2. The maximum absolute atomic E-state index is 12.8. The monoisotopic (exact) mass is 368 g/mol. The van der Waals surface area contributed by atoms with Crippen molar-refractivity contribution in [1.82, 2.24) is 4.90 Å². The molecule has 134 valence electrons. The zero-order chi connectivity index (χ0) is 18.5. The summed E-state index contributed by atoms with van der Waals surface area (Å²) in [5.41, 5.74) is 1.61. The maximum Gasteiger partial charge on any atom is 0.266 e. The van der Waals surface area contributed by atoms with E-state index in [9.17, 15) is 4.79 Å². The Morgan fingerprint density at radius 3 is 2.54 bits per heavy atom. The SMILES string of the molecule is CCN1C(=O)/C(=C\c2cc(OC)ccc2OC)SC1=Nc1ccccc1. The van der Waals surface area contributed by atoms with Gasteiger partial charge in [0.2, 0.25) is 0 Å². The van der Waals surface area contributed by atoms with Gasteiger partial charge in [0.15, 0.2) is 5.17 Å². The fourth-order valence-corrected chi connectivity index (χ4v) is 3.63. The molecule has 26 heavy (non-hydrogen) atoms. The van der Waals surface area contributed by atoms with Gasteiger partial charge in [-0.3, -0.25) is 9.69 Å². The van der Waals surface area contributed by atoms with Gasteiger partial charge >= 0.3 is 0 Å². The molecule has 1 fully saturated rings. The molecule has 3 rings (SSSR count). The molecule has 0 spiro atoms. The van der Waals surface area contributed by atoms with E-state index in [1.54, 1.807) is 19.1 Å². The summed E-state index contributed by atoms with van der Waals surface area (Å²) < 4.78 is 10.7. The van der Waals surface area contributed by atoms with Crippen molar-refractivity contribution in [1.29, 1.82) is 0 Å². The molecule has 0 saturated carbocycles. The van der Waals surface area contributed by atoms with Gasteiger partial charge in [-0.25, -0.2) is 4.99 Å². The highest BCUT2D eigenvalue weighted by Gasteiger charge is 2.32. The number of amidine groups is 1. The molecule has 1 amide bonds. The topological polar surface area (TPSA) is 51.1 Å². The van der Waals surface area contributed by atoms with E-state index in [2.05, 4.69) is 4.99 Å². The predicted octanol–water partition coefficient (Wildman–Crippen LogP) is 4.33. The first-order valence-corrected chi connectivity index (χ1v) is 9.05. The third-order valence-corrected chi connectivity index (χ3v) is 4.92. The Kier molecular flexibility index (Phi) is 5.63. The zero-order valence-electron chi connectivity index (χ0n) is 14.9. The normalized spacial score (nSPS) is 17.2. The van der Waals surface area contributed by atoms with Crippen molar-refractivity contribution in [3.8, 4) is 11.5 Å². The number of benzene rings is 2. The lowest BCUT2D eigenvalue weighted by Crippen LogP contribution is -2.28. The van der Waals surface area contributed by atoms with Gasteiger partial charge < -0.3 is 9.47 Å². The van der Waals surface area contributed by atoms with Crippen LogP contribution in [0.15, 0.2) is 58.4 Å². The van der Waals surface area contributed by atoms with Crippen molar-refractivity contribution in [2.24, 2.45) is 4.99 Å². The fraction of sp³-hybridized carbons (Fsp3) is 0.200. The molecule has 0 bridgehead atoms. The van der Waals surface area contributed by atoms with Gasteiger partial charge in [0.05, 0.1) is 24.8 Å². The average molecular weight is 368 g/mol.